The van der Waals surface area contributed by atoms with E-state index in [9.17, 15) is 9.59 Å². The molecule has 2 aromatic rings. The maximum Gasteiger partial charge on any atom is 0.418 e. The molecule has 1 aromatic heterocycles. The average molecular weight is 258 g/mol. The minimum atomic E-state index is -0.563. The Morgan fingerprint density at radius 2 is 2.05 bits per heavy atom. The van der Waals surface area contributed by atoms with Crippen molar-refractivity contribution in [2.24, 2.45) is 4.99 Å². The van der Waals surface area contributed by atoms with Crippen LogP contribution in [0.4, 0.5) is 10.5 Å². The van der Waals surface area contributed by atoms with E-state index in [1.807, 2.05) is 0 Å². The Morgan fingerprint density at radius 1 is 1.32 bits per heavy atom. The van der Waals surface area contributed by atoms with Crippen molar-refractivity contribution in [1.82, 2.24) is 4.57 Å². The zero-order valence-electron chi connectivity index (χ0n) is 11.0. The molecule has 19 heavy (non-hydrogen) atoms. The third-order valence-corrected chi connectivity index (χ3v) is 2.44. The SMILES string of the molecule is CC(C)(C)OC(=O)n1ccc2ccc(N=C=O)cc21. The summed E-state index contributed by atoms with van der Waals surface area (Å²) in [6, 6.07) is 6.91. The molecule has 0 N–H and O–H groups in total. The summed E-state index contributed by atoms with van der Waals surface area (Å²) in [4.78, 5) is 25.8. The molecule has 0 amide bonds. The van der Waals surface area contributed by atoms with Gasteiger partial charge in [0.25, 0.3) is 0 Å². The number of aliphatic imine (C=N–C) groups is 1. The van der Waals surface area contributed by atoms with Crippen LogP contribution in [0, 0.1) is 0 Å². The van der Waals surface area contributed by atoms with E-state index in [1.165, 1.54) is 10.6 Å². The number of benzene rings is 1. The lowest BCUT2D eigenvalue weighted by Crippen LogP contribution is -2.26. The number of nitrogens with zero attached hydrogens (tertiary/aromatic N) is 2. The highest BCUT2D eigenvalue weighted by atomic mass is 16.6. The summed E-state index contributed by atoms with van der Waals surface area (Å²) in [6.45, 7) is 5.41. The van der Waals surface area contributed by atoms with Gasteiger partial charge in [-0.1, -0.05) is 6.07 Å². The van der Waals surface area contributed by atoms with Gasteiger partial charge in [-0.05, 0) is 39.0 Å². The Kier molecular flexibility index (Phi) is 3.23. The largest absolute Gasteiger partial charge is 0.443 e. The molecule has 0 aliphatic heterocycles. The van der Waals surface area contributed by atoms with Crippen LogP contribution in [0.15, 0.2) is 35.5 Å². The average Bonchev–Trinajstić information content (AvgIpc) is 2.70. The Morgan fingerprint density at radius 3 is 2.68 bits per heavy atom. The summed E-state index contributed by atoms with van der Waals surface area (Å²) in [6.07, 6.45) is 2.65. The summed E-state index contributed by atoms with van der Waals surface area (Å²) in [5.41, 5.74) is 0.531. The van der Waals surface area contributed by atoms with Crippen LogP contribution in [0.2, 0.25) is 0 Å². The second-order valence-corrected chi connectivity index (χ2v) is 5.11. The Hall–Kier alpha value is -2.39. The molecule has 2 rings (SSSR count). The first-order chi connectivity index (χ1) is 8.90. The van der Waals surface area contributed by atoms with E-state index < -0.39 is 11.7 Å². The zero-order valence-corrected chi connectivity index (χ0v) is 11.0. The standard InChI is InChI=1S/C14H14N2O3/c1-14(2,3)19-13(18)16-7-6-10-4-5-11(15-9-17)8-12(10)16/h4-8H,1-3H3. The van der Waals surface area contributed by atoms with Gasteiger partial charge in [0.05, 0.1) is 11.2 Å². The van der Waals surface area contributed by atoms with Crippen molar-refractivity contribution in [3.05, 3.63) is 30.5 Å². The van der Waals surface area contributed by atoms with E-state index in [1.54, 1.807) is 51.2 Å². The molecular formula is C14H14N2O3. The van der Waals surface area contributed by atoms with Crippen LogP contribution < -0.4 is 0 Å². The minimum absolute atomic E-state index is 0.450. The molecular weight excluding hydrogens is 244 g/mol. The van der Waals surface area contributed by atoms with Gasteiger partial charge in [0.1, 0.15) is 5.60 Å². The number of hydrogen-bond donors (Lipinski definition) is 0. The highest BCUT2D eigenvalue weighted by molar-refractivity contribution is 5.91. The Bertz CT molecular complexity index is 674. The van der Waals surface area contributed by atoms with Crippen LogP contribution in [0.1, 0.15) is 20.8 Å². The number of carbonyl (C=O) groups excluding carboxylic acids is 2. The van der Waals surface area contributed by atoms with E-state index in [-0.39, 0.29) is 0 Å². The molecule has 0 unspecified atom stereocenters. The topological polar surface area (TPSA) is 60.7 Å². The number of hydrogen-bond acceptors (Lipinski definition) is 4. The van der Waals surface area contributed by atoms with Crippen molar-refractivity contribution in [1.29, 1.82) is 0 Å². The molecule has 98 valence electrons. The molecule has 0 atom stereocenters. The fourth-order valence-electron chi connectivity index (χ4n) is 1.71. The van der Waals surface area contributed by atoms with Crippen molar-refractivity contribution in [2.75, 3.05) is 0 Å². The first-order valence-corrected chi connectivity index (χ1v) is 5.83. The Balaban J connectivity index is 2.46. The molecule has 0 spiro atoms. The minimum Gasteiger partial charge on any atom is -0.443 e. The summed E-state index contributed by atoms with van der Waals surface area (Å²) in [7, 11) is 0. The van der Waals surface area contributed by atoms with Crippen molar-refractivity contribution in [3.8, 4) is 0 Å². The quantitative estimate of drug-likeness (QED) is 0.581. The van der Waals surface area contributed by atoms with Crippen LogP contribution >= 0.6 is 0 Å². The molecule has 5 nitrogen and oxygen atoms in total. The van der Waals surface area contributed by atoms with E-state index in [2.05, 4.69) is 4.99 Å². The van der Waals surface area contributed by atoms with Crippen LogP contribution in [0.25, 0.3) is 10.9 Å². The monoisotopic (exact) mass is 258 g/mol. The lowest BCUT2D eigenvalue weighted by atomic mass is 10.2. The van der Waals surface area contributed by atoms with E-state index in [0.717, 1.165) is 5.39 Å². The molecule has 0 aliphatic carbocycles. The second-order valence-electron chi connectivity index (χ2n) is 5.11. The lowest BCUT2D eigenvalue weighted by Gasteiger charge is -2.19. The van der Waals surface area contributed by atoms with Crippen LogP contribution in [0.5, 0.6) is 0 Å². The molecule has 5 heteroatoms. The van der Waals surface area contributed by atoms with E-state index >= 15 is 0 Å². The van der Waals surface area contributed by atoms with Gasteiger partial charge in [0, 0.05) is 11.6 Å². The molecule has 0 bridgehead atoms. The molecule has 0 fully saturated rings. The third-order valence-electron chi connectivity index (χ3n) is 2.44. The molecule has 1 heterocycles. The maximum absolute atomic E-state index is 12.0. The number of ether oxygens (including phenoxy) is 1. The van der Waals surface area contributed by atoms with Crippen molar-refractivity contribution >= 4 is 28.8 Å². The number of carbonyl (C=O) groups is 1. The van der Waals surface area contributed by atoms with Crippen molar-refractivity contribution in [3.63, 3.8) is 0 Å². The molecule has 0 radical (unpaired) electrons. The second kappa shape index (κ2) is 4.71. The van der Waals surface area contributed by atoms with Crippen LogP contribution in [-0.4, -0.2) is 22.3 Å². The number of rotatable bonds is 1. The molecule has 0 saturated carbocycles. The molecule has 0 saturated heterocycles. The summed E-state index contributed by atoms with van der Waals surface area (Å²) < 4.78 is 6.70. The predicted octanol–water partition coefficient (Wildman–Crippen LogP) is 3.39. The van der Waals surface area contributed by atoms with Gasteiger partial charge in [-0.25, -0.2) is 9.59 Å². The normalized spacial score (nSPS) is 11.1. The Labute approximate surface area is 110 Å². The van der Waals surface area contributed by atoms with E-state index in [0.29, 0.717) is 11.2 Å². The van der Waals surface area contributed by atoms with Gasteiger partial charge in [-0.15, -0.1) is 0 Å². The van der Waals surface area contributed by atoms with Gasteiger partial charge in [0.15, 0.2) is 0 Å². The van der Waals surface area contributed by atoms with Gasteiger partial charge in [-0.3, -0.25) is 4.57 Å². The highest BCUT2D eigenvalue weighted by Gasteiger charge is 2.18. The smallest absolute Gasteiger partial charge is 0.418 e. The first kappa shape index (κ1) is 13.1. The number of fused-ring (bicyclic) bond motifs is 1. The lowest BCUT2D eigenvalue weighted by molar-refractivity contribution is 0.0544. The predicted molar refractivity (Wildman–Crippen MR) is 71.4 cm³/mol. The number of aromatic nitrogens is 1. The summed E-state index contributed by atoms with van der Waals surface area (Å²) in [5, 5.41) is 0.871. The van der Waals surface area contributed by atoms with Crippen molar-refractivity contribution in [2.45, 2.75) is 26.4 Å². The highest BCUT2D eigenvalue weighted by Crippen LogP contribution is 2.23. The molecule has 1 aromatic carbocycles. The van der Waals surface area contributed by atoms with Gasteiger partial charge in [0.2, 0.25) is 6.08 Å². The van der Waals surface area contributed by atoms with Gasteiger partial charge in [-0.2, -0.15) is 4.99 Å². The first-order valence-electron chi connectivity index (χ1n) is 5.83. The summed E-state index contributed by atoms with van der Waals surface area (Å²) >= 11 is 0. The fraction of sp³-hybridized carbons (Fsp3) is 0.286. The maximum atomic E-state index is 12.0. The van der Waals surface area contributed by atoms with Crippen LogP contribution in [-0.2, 0) is 9.53 Å². The van der Waals surface area contributed by atoms with Crippen LogP contribution in [0.3, 0.4) is 0 Å². The molecule has 0 aliphatic rings. The zero-order chi connectivity index (χ0) is 14.0. The summed E-state index contributed by atoms with van der Waals surface area (Å²) in [5.74, 6) is 0. The van der Waals surface area contributed by atoms with Gasteiger partial charge >= 0.3 is 6.09 Å². The van der Waals surface area contributed by atoms with Crippen molar-refractivity contribution < 1.29 is 14.3 Å². The van der Waals surface area contributed by atoms with Gasteiger partial charge < -0.3 is 4.74 Å². The third kappa shape index (κ3) is 2.89. The van der Waals surface area contributed by atoms with E-state index in [4.69, 9.17) is 4.74 Å². The number of isocyanates is 1. The fourth-order valence-corrected chi connectivity index (χ4v) is 1.71.